The van der Waals surface area contributed by atoms with Crippen LogP contribution in [0.5, 0.6) is 5.75 Å². The molecule has 0 radical (unpaired) electrons. The second kappa shape index (κ2) is 8.57. The Morgan fingerprint density at radius 1 is 1.19 bits per heavy atom. The molecular weight excluding hydrogens is 276 g/mol. The Bertz CT molecular complexity index is 489. The largest absolute Gasteiger partial charge is 0.479 e. The molecule has 0 unspecified atom stereocenters. The van der Waals surface area contributed by atoms with Crippen molar-refractivity contribution >= 4 is 17.9 Å². The van der Waals surface area contributed by atoms with E-state index < -0.39 is 30.6 Å². The fourth-order valence-corrected chi connectivity index (χ4v) is 1.37. The van der Waals surface area contributed by atoms with Gasteiger partial charge in [-0.15, -0.1) is 0 Å². The number of rotatable bonds is 6. The van der Waals surface area contributed by atoms with Crippen LogP contribution in [0.4, 0.5) is 4.79 Å². The van der Waals surface area contributed by atoms with E-state index in [9.17, 15) is 14.4 Å². The molecule has 1 rings (SSSR count). The molecular formula is C14H18N2O5. The molecule has 7 heteroatoms. The standard InChI is InChI=1S/C14H18N2O5/c1-3-15-14(19)16-12(17)9-20-13(18)10(2)21-11-7-5-4-6-8-11/h4-8,10H,3,9H2,1-2H3,(H2,15,16,17,19)/t10-/m0/s1. The van der Waals surface area contributed by atoms with Gasteiger partial charge in [-0.3, -0.25) is 10.1 Å². The first-order valence-corrected chi connectivity index (χ1v) is 6.49. The number of hydrogen-bond donors (Lipinski definition) is 2. The van der Waals surface area contributed by atoms with Gasteiger partial charge in [0, 0.05) is 6.54 Å². The molecule has 0 aliphatic rings. The number of para-hydroxylation sites is 1. The van der Waals surface area contributed by atoms with E-state index in [4.69, 9.17) is 9.47 Å². The van der Waals surface area contributed by atoms with E-state index >= 15 is 0 Å². The number of imide groups is 1. The first kappa shape index (κ1) is 16.5. The zero-order valence-corrected chi connectivity index (χ0v) is 11.9. The fraction of sp³-hybridized carbons (Fsp3) is 0.357. The molecule has 0 spiro atoms. The van der Waals surface area contributed by atoms with Crippen LogP contribution in [0.3, 0.4) is 0 Å². The second-order valence-corrected chi connectivity index (χ2v) is 4.09. The molecule has 0 aromatic heterocycles. The third kappa shape index (κ3) is 6.42. The number of nitrogens with one attached hydrogen (secondary N) is 2. The van der Waals surface area contributed by atoms with Gasteiger partial charge in [-0.2, -0.15) is 0 Å². The molecule has 0 aliphatic heterocycles. The zero-order valence-electron chi connectivity index (χ0n) is 11.9. The highest BCUT2D eigenvalue weighted by Crippen LogP contribution is 2.11. The molecule has 0 saturated carbocycles. The van der Waals surface area contributed by atoms with Crippen molar-refractivity contribution in [2.24, 2.45) is 0 Å². The zero-order chi connectivity index (χ0) is 15.7. The molecule has 114 valence electrons. The maximum atomic E-state index is 11.6. The summed E-state index contributed by atoms with van der Waals surface area (Å²) < 4.78 is 10.1. The quantitative estimate of drug-likeness (QED) is 0.758. The highest BCUT2D eigenvalue weighted by Gasteiger charge is 2.18. The predicted octanol–water partition coefficient (Wildman–Crippen LogP) is 0.843. The third-order valence-electron chi connectivity index (χ3n) is 2.32. The third-order valence-corrected chi connectivity index (χ3v) is 2.32. The Morgan fingerprint density at radius 2 is 1.86 bits per heavy atom. The monoisotopic (exact) mass is 294 g/mol. The van der Waals surface area contributed by atoms with Gasteiger partial charge in [0.15, 0.2) is 12.7 Å². The lowest BCUT2D eigenvalue weighted by atomic mass is 10.3. The molecule has 21 heavy (non-hydrogen) atoms. The number of hydrogen-bond acceptors (Lipinski definition) is 5. The molecule has 3 amide bonds. The average Bonchev–Trinajstić information content (AvgIpc) is 2.46. The van der Waals surface area contributed by atoms with Crippen LogP contribution in [0.25, 0.3) is 0 Å². The summed E-state index contributed by atoms with van der Waals surface area (Å²) in [5, 5.41) is 4.40. The van der Waals surface area contributed by atoms with E-state index in [0.29, 0.717) is 12.3 Å². The molecule has 0 fully saturated rings. The minimum Gasteiger partial charge on any atom is -0.479 e. The van der Waals surface area contributed by atoms with Crippen LogP contribution < -0.4 is 15.4 Å². The Labute approximate surface area is 122 Å². The van der Waals surface area contributed by atoms with Crippen LogP contribution in [-0.2, 0) is 14.3 Å². The minimum atomic E-state index is -0.857. The number of amides is 3. The van der Waals surface area contributed by atoms with Crippen LogP contribution in [0.15, 0.2) is 30.3 Å². The molecule has 0 bridgehead atoms. The first-order valence-electron chi connectivity index (χ1n) is 6.49. The summed E-state index contributed by atoms with van der Waals surface area (Å²) in [7, 11) is 0. The summed E-state index contributed by atoms with van der Waals surface area (Å²) in [6.45, 7) is 3.07. The summed E-state index contributed by atoms with van der Waals surface area (Å²) in [5.41, 5.74) is 0. The van der Waals surface area contributed by atoms with Crippen molar-refractivity contribution in [1.82, 2.24) is 10.6 Å². The van der Waals surface area contributed by atoms with Crippen LogP contribution >= 0.6 is 0 Å². The van der Waals surface area contributed by atoms with E-state index in [-0.39, 0.29) is 0 Å². The second-order valence-electron chi connectivity index (χ2n) is 4.09. The van der Waals surface area contributed by atoms with Gasteiger partial charge in [0.25, 0.3) is 5.91 Å². The summed E-state index contributed by atoms with van der Waals surface area (Å²) in [5.74, 6) is -0.875. The SMILES string of the molecule is CCNC(=O)NC(=O)COC(=O)[C@H](C)Oc1ccccc1. The maximum absolute atomic E-state index is 11.6. The smallest absolute Gasteiger partial charge is 0.347 e. The highest BCUT2D eigenvalue weighted by molar-refractivity contribution is 5.95. The van der Waals surface area contributed by atoms with Crippen LogP contribution in [0.2, 0.25) is 0 Å². The van der Waals surface area contributed by atoms with E-state index in [0.717, 1.165) is 0 Å². The van der Waals surface area contributed by atoms with Crippen molar-refractivity contribution in [1.29, 1.82) is 0 Å². The van der Waals surface area contributed by atoms with E-state index in [1.807, 2.05) is 11.4 Å². The normalized spacial score (nSPS) is 11.1. The Morgan fingerprint density at radius 3 is 2.48 bits per heavy atom. The van der Waals surface area contributed by atoms with Crippen LogP contribution in [-0.4, -0.2) is 37.2 Å². The number of carbonyl (C=O) groups excluding carboxylic acids is 3. The maximum Gasteiger partial charge on any atom is 0.347 e. The lowest BCUT2D eigenvalue weighted by Gasteiger charge is -2.13. The van der Waals surface area contributed by atoms with Crippen molar-refractivity contribution in [3.05, 3.63) is 30.3 Å². The molecule has 1 atom stereocenters. The summed E-state index contributed by atoms with van der Waals surface area (Å²) >= 11 is 0. The Hall–Kier alpha value is -2.57. The van der Waals surface area contributed by atoms with Gasteiger partial charge in [-0.25, -0.2) is 9.59 Å². The summed E-state index contributed by atoms with van der Waals surface area (Å²) in [6.07, 6.45) is -0.857. The molecule has 1 aromatic carbocycles. The number of benzene rings is 1. The van der Waals surface area contributed by atoms with Gasteiger partial charge in [-0.1, -0.05) is 18.2 Å². The van der Waals surface area contributed by atoms with Crippen molar-refractivity contribution < 1.29 is 23.9 Å². The topological polar surface area (TPSA) is 93.7 Å². The van der Waals surface area contributed by atoms with Gasteiger partial charge in [0.1, 0.15) is 5.75 Å². The highest BCUT2D eigenvalue weighted by atomic mass is 16.6. The number of ether oxygens (including phenoxy) is 2. The van der Waals surface area contributed by atoms with Crippen molar-refractivity contribution in [3.8, 4) is 5.75 Å². The molecule has 7 nitrogen and oxygen atoms in total. The van der Waals surface area contributed by atoms with Gasteiger partial charge in [0.05, 0.1) is 0 Å². The predicted molar refractivity (Wildman–Crippen MR) is 74.7 cm³/mol. The molecule has 0 heterocycles. The molecule has 0 saturated heterocycles. The van der Waals surface area contributed by atoms with Gasteiger partial charge >= 0.3 is 12.0 Å². The average molecular weight is 294 g/mol. The van der Waals surface area contributed by atoms with Gasteiger partial charge in [0.2, 0.25) is 0 Å². The lowest BCUT2D eigenvalue weighted by molar-refractivity contribution is -0.154. The first-order chi connectivity index (χ1) is 10.0. The van der Waals surface area contributed by atoms with Crippen LogP contribution in [0, 0.1) is 0 Å². The fourth-order valence-electron chi connectivity index (χ4n) is 1.37. The summed E-state index contributed by atoms with van der Waals surface area (Å²) in [6, 6.07) is 8.13. The van der Waals surface area contributed by atoms with Gasteiger partial charge < -0.3 is 14.8 Å². The van der Waals surface area contributed by atoms with Crippen molar-refractivity contribution in [3.63, 3.8) is 0 Å². The molecule has 2 N–H and O–H groups in total. The Kier molecular flexibility index (Phi) is 6.73. The van der Waals surface area contributed by atoms with E-state index in [1.165, 1.54) is 6.92 Å². The van der Waals surface area contributed by atoms with Crippen molar-refractivity contribution in [2.75, 3.05) is 13.2 Å². The van der Waals surface area contributed by atoms with Crippen molar-refractivity contribution in [2.45, 2.75) is 20.0 Å². The van der Waals surface area contributed by atoms with E-state index in [1.54, 1.807) is 31.2 Å². The molecule has 1 aromatic rings. The number of urea groups is 1. The lowest BCUT2D eigenvalue weighted by Crippen LogP contribution is -2.41. The summed E-state index contributed by atoms with van der Waals surface area (Å²) in [4.78, 5) is 34.0. The van der Waals surface area contributed by atoms with Crippen LogP contribution in [0.1, 0.15) is 13.8 Å². The molecule has 0 aliphatic carbocycles. The number of esters is 1. The van der Waals surface area contributed by atoms with E-state index in [2.05, 4.69) is 5.32 Å². The van der Waals surface area contributed by atoms with Gasteiger partial charge in [-0.05, 0) is 26.0 Å². The Balaban J connectivity index is 2.32. The minimum absolute atomic E-state index is 0.390. The number of carbonyl (C=O) groups is 3.